The molecule has 3 rings (SSSR count). The molecule has 1 N–H and O–H groups in total. The number of carbonyl (C=O) groups excluding carboxylic acids is 1. The van der Waals surface area contributed by atoms with Gasteiger partial charge in [0.05, 0.1) is 23.1 Å². The molecule has 25 heavy (non-hydrogen) atoms. The molecule has 1 aromatic heterocycles. The predicted molar refractivity (Wildman–Crippen MR) is 97.7 cm³/mol. The summed E-state index contributed by atoms with van der Waals surface area (Å²) >= 11 is 0. The van der Waals surface area contributed by atoms with E-state index in [-0.39, 0.29) is 5.69 Å². The Labute approximate surface area is 145 Å². The zero-order valence-corrected chi connectivity index (χ0v) is 13.8. The second-order valence-electron chi connectivity index (χ2n) is 5.45. The Kier molecular flexibility index (Phi) is 5.04. The van der Waals surface area contributed by atoms with Crippen LogP contribution in [0, 0.1) is 5.82 Å². The Balaban J connectivity index is 1.86. The summed E-state index contributed by atoms with van der Waals surface area (Å²) in [7, 11) is 0. The maximum atomic E-state index is 13.7. The number of benzene rings is 2. The molecule has 0 radical (unpaired) electrons. The van der Waals surface area contributed by atoms with Gasteiger partial charge in [-0.3, -0.25) is 9.78 Å². The second-order valence-corrected chi connectivity index (χ2v) is 5.45. The topological polar surface area (TPSA) is 45.2 Å². The van der Waals surface area contributed by atoms with Gasteiger partial charge < -0.3 is 10.2 Å². The molecule has 1 amide bonds. The standard InChI is InChI=1S/C20H18FN3O/c1-2-24(16-8-4-3-5-9-16)17-12-15(13-22-14-17)20(25)23-19-11-7-6-10-18(19)21/h3-14H,2H2,1H3,(H,23,25). The summed E-state index contributed by atoms with van der Waals surface area (Å²) in [5, 5.41) is 2.58. The number of aromatic nitrogens is 1. The molecule has 4 nitrogen and oxygen atoms in total. The summed E-state index contributed by atoms with van der Waals surface area (Å²) in [5.41, 5.74) is 2.33. The van der Waals surface area contributed by atoms with Gasteiger partial charge in [0, 0.05) is 18.4 Å². The highest BCUT2D eigenvalue weighted by Gasteiger charge is 2.13. The molecular formula is C20H18FN3O. The first-order chi connectivity index (χ1) is 12.2. The number of halogens is 1. The Hall–Kier alpha value is -3.21. The summed E-state index contributed by atoms with van der Waals surface area (Å²) in [4.78, 5) is 18.6. The van der Waals surface area contributed by atoms with Crippen molar-refractivity contribution in [2.45, 2.75) is 6.92 Å². The van der Waals surface area contributed by atoms with E-state index in [2.05, 4.69) is 10.3 Å². The summed E-state index contributed by atoms with van der Waals surface area (Å²) in [5.74, 6) is -0.872. The maximum Gasteiger partial charge on any atom is 0.257 e. The van der Waals surface area contributed by atoms with E-state index in [4.69, 9.17) is 0 Å². The third kappa shape index (κ3) is 3.83. The number of nitrogens with one attached hydrogen (secondary N) is 1. The van der Waals surface area contributed by atoms with Crippen LogP contribution in [0.2, 0.25) is 0 Å². The molecule has 0 atom stereocenters. The molecule has 0 saturated carbocycles. The summed E-state index contributed by atoms with van der Waals surface area (Å²) < 4.78 is 13.7. The van der Waals surface area contributed by atoms with E-state index in [1.807, 2.05) is 42.2 Å². The Bertz CT molecular complexity index is 868. The minimum atomic E-state index is -0.473. The number of para-hydroxylation sites is 2. The Morgan fingerprint density at radius 2 is 1.76 bits per heavy atom. The Morgan fingerprint density at radius 3 is 2.48 bits per heavy atom. The average molecular weight is 335 g/mol. The van der Waals surface area contributed by atoms with E-state index >= 15 is 0 Å². The van der Waals surface area contributed by atoms with Crippen molar-refractivity contribution in [2.24, 2.45) is 0 Å². The number of carbonyl (C=O) groups is 1. The number of anilines is 3. The fourth-order valence-electron chi connectivity index (χ4n) is 2.58. The fourth-order valence-corrected chi connectivity index (χ4v) is 2.58. The van der Waals surface area contributed by atoms with Crippen LogP contribution in [0.3, 0.4) is 0 Å². The van der Waals surface area contributed by atoms with E-state index in [0.29, 0.717) is 5.56 Å². The van der Waals surface area contributed by atoms with Gasteiger partial charge in [-0.25, -0.2) is 4.39 Å². The SMILES string of the molecule is CCN(c1ccccc1)c1cncc(C(=O)Nc2ccccc2F)c1. The van der Waals surface area contributed by atoms with E-state index < -0.39 is 11.7 Å². The lowest BCUT2D eigenvalue weighted by molar-refractivity contribution is 0.102. The van der Waals surface area contributed by atoms with Gasteiger partial charge in [-0.15, -0.1) is 0 Å². The smallest absolute Gasteiger partial charge is 0.257 e. The number of hydrogen-bond acceptors (Lipinski definition) is 3. The zero-order valence-electron chi connectivity index (χ0n) is 13.8. The van der Waals surface area contributed by atoms with Gasteiger partial charge >= 0.3 is 0 Å². The van der Waals surface area contributed by atoms with Crippen molar-refractivity contribution in [3.05, 3.63) is 84.4 Å². The van der Waals surface area contributed by atoms with Gasteiger partial charge in [0.2, 0.25) is 0 Å². The van der Waals surface area contributed by atoms with Gasteiger partial charge in [0.25, 0.3) is 5.91 Å². The number of hydrogen-bond donors (Lipinski definition) is 1. The first kappa shape index (κ1) is 16.6. The van der Waals surface area contributed by atoms with Gasteiger partial charge in [0.1, 0.15) is 5.82 Å². The van der Waals surface area contributed by atoms with E-state index in [1.54, 1.807) is 24.4 Å². The van der Waals surface area contributed by atoms with Crippen molar-refractivity contribution in [2.75, 3.05) is 16.8 Å². The minimum Gasteiger partial charge on any atom is -0.340 e. The van der Waals surface area contributed by atoms with E-state index in [9.17, 15) is 9.18 Å². The first-order valence-corrected chi connectivity index (χ1v) is 8.02. The highest BCUT2D eigenvalue weighted by molar-refractivity contribution is 6.04. The molecule has 5 heteroatoms. The lowest BCUT2D eigenvalue weighted by Crippen LogP contribution is -2.18. The van der Waals surface area contributed by atoms with Crippen molar-refractivity contribution in [1.29, 1.82) is 0 Å². The van der Waals surface area contributed by atoms with Crippen molar-refractivity contribution < 1.29 is 9.18 Å². The van der Waals surface area contributed by atoms with Gasteiger partial charge in [-0.2, -0.15) is 0 Å². The molecule has 0 aliphatic rings. The zero-order chi connectivity index (χ0) is 17.6. The van der Waals surface area contributed by atoms with Crippen molar-refractivity contribution in [3.63, 3.8) is 0 Å². The lowest BCUT2D eigenvalue weighted by atomic mass is 10.2. The van der Waals surface area contributed by atoms with Crippen molar-refractivity contribution in [1.82, 2.24) is 4.98 Å². The molecule has 126 valence electrons. The van der Waals surface area contributed by atoms with Crippen molar-refractivity contribution in [3.8, 4) is 0 Å². The molecule has 2 aromatic carbocycles. The van der Waals surface area contributed by atoms with Gasteiger partial charge in [-0.1, -0.05) is 30.3 Å². The van der Waals surface area contributed by atoms with Crippen LogP contribution >= 0.6 is 0 Å². The molecule has 0 aliphatic carbocycles. The highest BCUT2D eigenvalue weighted by Crippen LogP contribution is 2.25. The van der Waals surface area contributed by atoms with Gasteiger partial charge in [0.15, 0.2) is 0 Å². The number of amides is 1. The molecule has 0 unspecified atom stereocenters. The van der Waals surface area contributed by atoms with Crippen LogP contribution in [0.5, 0.6) is 0 Å². The maximum absolute atomic E-state index is 13.7. The second kappa shape index (κ2) is 7.57. The number of pyridine rings is 1. The van der Waals surface area contributed by atoms with Crippen LogP contribution in [-0.2, 0) is 0 Å². The third-order valence-electron chi connectivity index (χ3n) is 3.80. The summed E-state index contributed by atoms with van der Waals surface area (Å²) in [6.07, 6.45) is 3.18. The lowest BCUT2D eigenvalue weighted by Gasteiger charge is -2.23. The minimum absolute atomic E-state index is 0.147. The molecule has 0 bridgehead atoms. The van der Waals surface area contributed by atoms with Crippen LogP contribution in [0.25, 0.3) is 0 Å². The molecule has 1 heterocycles. The van der Waals surface area contributed by atoms with Crippen molar-refractivity contribution >= 4 is 23.0 Å². The molecule has 0 fully saturated rings. The molecule has 3 aromatic rings. The average Bonchev–Trinajstić information content (AvgIpc) is 2.65. The van der Waals surface area contributed by atoms with E-state index in [0.717, 1.165) is 17.9 Å². The summed E-state index contributed by atoms with van der Waals surface area (Å²) in [6, 6.07) is 17.7. The largest absolute Gasteiger partial charge is 0.340 e. The quantitative estimate of drug-likeness (QED) is 0.739. The fraction of sp³-hybridized carbons (Fsp3) is 0.100. The summed E-state index contributed by atoms with van der Waals surface area (Å²) in [6.45, 7) is 2.75. The van der Waals surface area contributed by atoms with Crippen LogP contribution in [0.1, 0.15) is 17.3 Å². The third-order valence-corrected chi connectivity index (χ3v) is 3.80. The molecule has 0 aliphatic heterocycles. The predicted octanol–water partition coefficient (Wildman–Crippen LogP) is 4.63. The number of nitrogens with zero attached hydrogens (tertiary/aromatic N) is 2. The molecule has 0 spiro atoms. The van der Waals surface area contributed by atoms with Crippen LogP contribution in [0.15, 0.2) is 73.1 Å². The number of rotatable bonds is 5. The first-order valence-electron chi connectivity index (χ1n) is 8.02. The van der Waals surface area contributed by atoms with Crippen LogP contribution < -0.4 is 10.2 Å². The van der Waals surface area contributed by atoms with Crippen LogP contribution in [-0.4, -0.2) is 17.4 Å². The molecular weight excluding hydrogens is 317 g/mol. The Morgan fingerprint density at radius 1 is 1.04 bits per heavy atom. The normalized spacial score (nSPS) is 10.3. The van der Waals surface area contributed by atoms with Crippen LogP contribution in [0.4, 0.5) is 21.5 Å². The monoisotopic (exact) mass is 335 g/mol. The van der Waals surface area contributed by atoms with Gasteiger partial charge in [-0.05, 0) is 37.3 Å². The highest BCUT2D eigenvalue weighted by atomic mass is 19.1. The van der Waals surface area contributed by atoms with E-state index in [1.165, 1.54) is 18.3 Å². The molecule has 0 saturated heterocycles.